The molecule has 0 amide bonds. The molecule has 0 radical (unpaired) electrons. The zero-order valence-corrected chi connectivity index (χ0v) is 10.3. The normalized spacial score (nSPS) is 25.0. The Balaban J connectivity index is 1.91. The fourth-order valence-corrected chi connectivity index (χ4v) is 3.05. The molecule has 1 fully saturated rings. The van der Waals surface area contributed by atoms with Gasteiger partial charge >= 0.3 is 0 Å². The summed E-state index contributed by atoms with van der Waals surface area (Å²) in [4.78, 5) is 4.41. The maximum Gasteiger partial charge on any atom is 0.142 e. The lowest BCUT2D eigenvalue weighted by atomic mass is 9.92. The van der Waals surface area contributed by atoms with Crippen LogP contribution in [0.1, 0.15) is 31.7 Å². The lowest BCUT2D eigenvalue weighted by Crippen LogP contribution is -2.22. The summed E-state index contributed by atoms with van der Waals surface area (Å²) in [5.74, 6) is 0.970. The lowest BCUT2D eigenvalue weighted by molar-refractivity contribution is 0.104. The van der Waals surface area contributed by atoms with E-state index < -0.39 is 0 Å². The van der Waals surface area contributed by atoms with E-state index in [-0.39, 0.29) is 6.10 Å². The molecule has 0 aromatic carbocycles. The van der Waals surface area contributed by atoms with Crippen molar-refractivity contribution in [2.24, 2.45) is 0 Å². The quantitative estimate of drug-likeness (QED) is 0.889. The molecular weight excluding hydrogens is 234 g/mol. The van der Waals surface area contributed by atoms with Crippen LogP contribution in [0.5, 0.6) is 0 Å². The van der Waals surface area contributed by atoms with Crippen LogP contribution in [-0.4, -0.2) is 25.1 Å². The molecule has 1 aliphatic rings. The average Bonchev–Trinajstić information content (AvgIpc) is 3.00. The molecule has 0 bridgehead atoms. The molecular formula is C12H15N3OS. The molecule has 17 heavy (non-hydrogen) atoms. The Hall–Kier alpha value is -1.20. The Bertz CT molecular complexity index is 480. The van der Waals surface area contributed by atoms with Crippen molar-refractivity contribution in [2.75, 3.05) is 0 Å². The number of hydrogen-bond donors (Lipinski definition) is 1. The van der Waals surface area contributed by atoms with E-state index in [0.29, 0.717) is 6.04 Å². The van der Waals surface area contributed by atoms with Gasteiger partial charge in [-0.1, -0.05) is 0 Å². The van der Waals surface area contributed by atoms with Gasteiger partial charge in [0, 0.05) is 29.4 Å². The zero-order chi connectivity index (χ0) is 11.7. The fourth-order valence-electron chi connectivity index (χ4n) is 2.54. The van der Waals surface area contributed by atoms with Gasteiger partial charge in [0.05, 0.1) is 12.3 Å². The molecule has 3 rings (SSSR count). The van der Waals surface area contributed by atoms with Crippen molar-refractivity contribution in [1.82, 2.24) is 13.9 Å². The van der Waals surface area contributed by atoms with Crippen molar-refractivity contribution in [2.45, 2.75) is 37.8 Å². The van der Waals surface area contributed by atoms with Crippen LogP contribution in [0.15, 0.2) is 24.0 Å². The molecule has 2 aromatic heterocycles. The lowest BCUT2D eigenvalue weighted by Gasteiger charge is -2.28. The summed E-state index contributed by atoms with van der Waals surface area (Å²) in [5.41, 5.74) is 1.07. The zero-order valence-electron chi connectivity index (χ0n) is 9.49. The predicted molar refractivity (Wildman–Crippen MR) is 66.8 cm³/mol. The highest BCUT2D eigenvalue weighted by atomic mass is 32.1. The first-order chi connectivity index (χ1) is 8.34. The molecule has 4 nitrogen and oxygen atoms in total. The molecule has 0 saturated heterocycles. The van der Waals surface area contributed by atoms with Gasteiger partial charge in [0.25, 0.3) is 0 Å². The van der Waals surface area contributed by atoms with E-state index in [2.05, 4.69) is 13.9 Å². The predicted octanol–water partition coefficient (Wildman–Crippen LogP) is 2.48. The summed E-state index contributed by atoms with van der Waals surface area (Å²) in [6.45, 7) is 0. The second-order valence-electron chi connectivity index (χ2n) is 4.55. The van der Waals surface area contributed by atoms with Gasteiger partial charge in [-0.25, -0.2) is 9.36 Å². The maximum atomic E-state index is 9.76. The molecule has 0 unspecified atom stereocenters. The van der Waals surface area contributed by atoms with Gasteiger partial charge in [-0.05, 0) is 37.2 Å². The van der Waals surface area contributed by atoms with Gasteiger partial charge in [0.1, 0.15) is 5.82 Å². The minimum absolute atomic E-state index is 0.162. The van der Waals surface area contributed by atoms with E-state index in [1.54, 1.807) is 0 Å². The fraction of sp³-hybridized carbons (Fsp3) is 0.500. The van der Waals surface area contributed by atoms with Crippen LogP contribution in [0, 0.1) is 0 Å². The van der Waals surface area contributed by atoms with Crippen LogP contribution >= 0.6 is 11.5 Å². The summed E-state index contributed by atoms with van der Waals surface area (Å²) in [6, 6.07) is 0.371. The van der Waals surface area contributed by atoms with E-state index in [4.69, 9.17) is 0 Å². The van der Waals surface area contributed by atoms with Crippen molar-refractivity contribution in [3.63, 3.8) is 0 Å². The van der Waals surface area contributed by atoms with Crippen molar-refractivity contribution >= 4 is 11.5 Å². The number of aliphatic hydroxyl groups excluding tert-OH is 1. The monoisotopic (exact) mass is 249 g/mol. The molecule has 2 atom stereocenters. The molecule has 1 N–H and O–H groups in total. The number of hydrogen-bond acceptors (Lipinski definition) is 4. The van der Waals surface area contributed by atoms with Gasteiger partial charge in [-0.15, -0.1) is 0 Å². The van der Waals surface area contributed by atoms with E-state index >= 15 is 0 Å². The number of nitrogens with zero attached hydrogens (tertiary/aromatic N) is 3. The highest BCUT2D eigenvalue weighted by molar-refractivity contribution is 7.03. The molecule has 90 valence electrons. The Labute approximate surface area is 104 Å². The summed E-state index contributed by atoms with van der Waals surface area (Å²) in [7, 11) is 0. The van der Waals surface area contributed by atoms with Gasteiger partial charge in [-0.3, -0.25) is 0 Å². The standard InChI is InChI=1S/C12H15N3OS/c16-11-3-1-2-10(6-11)15-5-4-13-12(15)9-7-14-17-8-9/h4-5,7-8,10-11,16H,1-3,6H2/t10-,11+/m0/s1. The van der Waals surface area contributed by atoms with Crippen LogP contribution in [0.3, 0.4) is 0 Å². The first kappa shape index (κ1) is 10.9. The maximum absolute atomic E-state index is 9.76. The largest absolute Gasteiger partial charge is 0.393 e. The summed E-state index contributed by atoms with van der Waals surface area (Å²) >= 11 is 1.44. The topological polar surface area (TPSA) is 50.9 Å². The molecule has 1 saturated carbocycles. The molecule has 2 heterocycles. The smallest absolute Gasteiger partial charge is 0.142 e. The van der Waals surface area contributed by atoms with Crippen molar-refractivity contribution < 1.29 is 5.11 Å². The van der Waals surface area contributed by atoms with E-state index in [9.17, 15) is 5.11 Å². The third-order valence-corrected chi connectivity index (χ3v) is 3.96. The minimum atomic E-state index is -0.162. The first-order valence-corrected chi connectivity index (χ1v) is 6.79. The summed E-state index contributed by atoms with van der Waals surface area (Å²) in [5, 5.41) is 11.8. The van der Waals surface area contributed by atoms with E-state index in [1.165, 1.54) is 11.5 Å². The van der Waals surface area contributed by atoms with Crippen LogP contribution in [-0.2, 0) is 0 Å². The van der Waals surface area contributed by atoms with E-state index in [1.807, 2.05) is 24.0 Å². The van der Waals surface area contributed by atoms with Crippen molar-refractivity contribution in [3.8, 4) is 11.4 Å². The van der Waals surface area contributed by atoms with Gasteiger partial charge < -0.3 is 9.67 Å². The number of imidazole rings is 1. The SMILES string of the molecule is O[C@@H]1CCC[C@H](n2ccnc2-c2cnsc2)C1. The van der Waals surface area contributed by atoms with Gasteiger partial charge in [-0.2, -0.15) is 0 Å². The van der Waals surface area contributed by atoms with Crippen LogP contribution in [0.2, 0.25) is 0 Å². The molecule has 5 heteroatoms. The van der Waals surface area contributed by atoms with Crippen LogP contribution < -0.4 is 0 Å². The molecule has 2 aromatic rings. The number of aliphatic hydroxyl groups is 1. The number of rotatable bonds is 2. The highest BCUT2D eigenvalue weighted by Crippen LogP contribution is 2.32. The second kappa shape index (κ2) is 4.58. The summed E-state index contributed by atoms with van der Waals surface area (Å²) < 4.78 is 6.30. The number of aromatic nitrogens is 3. The van der Waals surface area contributed by atoms with Crippen LogP contribution in [0.4, 0.5) is 0 Å². The van der Waals surface area contributed by atoms with E-state index in [0.717, 1.165) is 37.1 Å². The molecule has 1 aliphatic carbocycles. The average molecular weight is 249 g/mol. The Morgan fingerprint density at radius 1 is 1.41 bits per heavy atom. The molecule has 0 aliphatic heterocycles. The van der Waals surface area contributed by atoms with Crippen molar-refractivity contribution in [3.05, 3.63) is 24.0 Å². The Kier molecular flexibility index (Phi) is 2.94. The second-order valence-corrected chi connectivity index (χ2v) is 5.20. The third-order valence-electron chi connectivity index (χ3n) is 3.37. The van der Waals surface area contributed by atoms with Gasteiger partial charge in [0.15, 0.2) is 0 Å². The van der Waals surface area contributed by atoms with Crippen molar-refractivity contribution in [1.29, 1.82) is 0 Å². The van der Waals surface area contributed by atoms with Gasteiger partial charge in [0.2, 0.25) is 0 Å². The minimum Gasteiger partial charge on any atom is -0.393 e. The van der Waals surface area contributed by atoms with Crippen LogP contribution in [0.25, 0.3) is 11.4 Å². The first-order valence-electron chi connectivity index (χ1n) is 5.95. The highest BCUT2D eigenvalue weighted by Gasteiger charge is 2.23. The molecule has 0 spiro atoms. The summed E-state index contributed by atoms with van der Waals surface area (Å²) in [6.07, 6.45) is 9.50. The Morgan fingerprint density at radius 3 is 3.12 bits per heavy atom. The third kappa shape index (κ3) is 2.12. The Morgan fingerprint density at radius 2 is 2.35 bits per heavy atom.